The number of hydrogen-bond acceptors (Lipinski definition) is 8. The number of rotatable bonds is 14. The Bertz CT molecular complexity index is 644. The quantitative estimate of drug-likeness (QED) is 0.127. The molecule has 3 unspecified atom stereocenters. The van der Waals surface area contributed by atoms with Gasteiger partial charge in [0.2, 0.25) is 23.6 Å². The van der Waals surface area contributed by atoms with E-state index in [4.69, 9.17) is 21.7 Å². The monoisotopic (exact) mass is 435 g/mol. The van der Waals surface area contributed by atoms with E-state index in [9.17, 15) is 28.8 Å². The minimum absolute atomic E-state index is 0.0723. The van der Waals surface area contributed by atoms with E-state index in [1.165, 1.54) is 0 Å². The summed E-state index contributed by atoms with van der Waals surface area (Å²) in [6.45, 7) is -0.608. The van der Waals surface area contributed by atoms with E-state index in [-0.39, 0.29) is 25.0 Å². The lowest BCUT2D eigenvalue weighted by molar-refractivity contribution is -0.141. The molecule has 0 aliphatic carbocycles. The van der Waals surface area contributed by atoms with Crippen LogP contribution in [0.15, 0.2) is 0 Å². The average molecular weight is 435 g/mol. The summed E-state index contributed by atoms with van der Waals surface area (Å²) in [4.78, 5) is 68.4. The Labute approximate surface area is 171 Å². The number of carbonyl (C=O) groups excluding carboxylic acids is 4. The molecule has 0 aromatic heterocycles. The summed E-state index contributed by atoms with van der Waals surface area (Å²) < 4.78 is 0. The lowest BCUT2D eigenvalue weighted by Crippen LogP contribution is -2.53. The third kappa shape index (κ3) is 11.5. The first-order chi connectivity index (χ1) is 13.5. The molecule has 0 aliphatic rings. The number of thiol groups is 1. The van der Waals surface area contributed by atoms with Crippen molar-refractivity contribution in [3.8, 4) is 0 Å². The molecule has 0 bridgehead atoms. The predicted molar refractivity (Wildman–Crippen MR) is 102 cm³/mol. The van der Waals surface area contributed by atoms with Gasteiger partial charge in [0.05, 0.1) is 12.6 Å². The van der Waals surface area contributed by atoms with Crippen molar-refractivity contribution in [2.75, 3.05) is 12.3 Å². The zero-order valence-electron chi connectivity index (χ0n) is 15.4. The fourth-order valence-corrected chi connectivity index (χ4v) is 2.21. The van der Waals surface area contributed by atoms with Crippen molar-refractivity contribution in [2.24, 2.45) is 11.5 Å². The van der Waals surface area contributed by atoms with Gasteiger partial charge in [-0.2, -0.15) is 12.6 Å². The van der Waals surface area contributed by atoms with Gasteiger partial charge in [-0.25, -0.2) is 4.79 Å². The van der Waals surface area contributed by atoms with Gasteiger partial charge in [-0.3, -0.25) is 24.0 Å². The van der Waals surface area contributed by atoms with Gasteiger partial charge in [0.1, 0.15) is 12.1 Å². The molecular formula is C15H25N5O8S. The summed E-state index contributed by atoms with van der Waals surface area (Å²) in [6, 6.07) is -3.72. The Balaban J connectivity index is 4.84. The van der Waals surface area contributed by atoms with Crippen LogP contribution in [0.2, 0.25) is 0 Å². The van der Waals surface area contributed by atoms with Crippen LogP contribution in [0, 0.1) is 0 Å². The molecule has 0 aliphatic heterocycles. The SMILES string of the molecule is NC(=O)CCC(N)C(=O)NC(CCC(=O)O)C(=O)NCC(=O)NC(CS)C(=O)O. The first-order valence-corrected chi connectivity index (χ1v) is 9.07. The van der Waals surface area contributed by atoms with Crippen LogP contribution in [-0.4, -0.2) is 76.2 Å². The number of carboxylic acids is 2. The zero-order valence-corrected chi connectivity index (χ0v) is 16.3. The minimum atomic E-state index is -1.31. The highest BCUT2D eigenvalue weighted by Gasteiger charge is 2.25. The Kier molecular flexibility index (Phi) is 12.0. The second-order valence-electron chi connectivity index (χ2n) is 5.96. The highest BCUT2D eigenvalue weighted by atomic mass is 32.1. The van der Waals surface area contributed by atoms with Gasteiger partial charge in [-0.15, -0.1) is 0 Å². The molecule has 0 radical (unpaired) electrons. The van der Waals surface area contributed by atoms with Gasteiger partial charge in [0, 0.05) is 18.6 Å². The number of aliphatic carboxylic acids is 2. The first kappa shape index (κ1) is 26.1. The van der Waals surface area contributed by atoms with Gasteiger partial charge in [0.15, 0.2) is 0 Å². The molecule has 0 heterocycles. The minimum Gasteiger partial charge on any atom is -0.481 e. The van der Waals surface area contributed by atoms with Crippen LogP contribution in [0.4, 0.5) is 0 Å². The van der Waals surface area contributed by atoms with Crippen molar-refractivity contribution in [3.05, 3.63) is 0 Å². The highest BCUT2D eigenvalue weighted by molar-refractivity contribution is 7.80. The van der Waals surface area contributed by atoms with Gasteiger partial charge >= 0.3 is 11.9 Å². The van der Waals surface area contributed by atoms with Crippen molar-refractivity contribution >= 4 is 48.2 Å². The molecule has 0 fully saturated rings. The maximum absolute atomic E-state index is 12.2. The van der Waals surface area contributed by atoms with E-state index >= 15 is 0 Å². The summed E-state index contributed by atoms with van der Waals surface area (Å²) in [7, 11) is 0. The Morgan fingerprint density at radius 3 is 2.00 bits per heavy atom. The van der Waals surface area contributed by atoms with E-state index in [2.05, 4.69) is 28.6 Å². The van der Waals surface area contributed by atoms with Crippen LogP contribution in [0.5, 0.6) is 0 Å². The summed E-state index contributed by atoms with van der Waals surface area (Å²) in [5, 5.41) is 24.2. The van der Waals surface area contributed by atoms with Crippen LogP contribution in [0.25, 0.3) is 0 Å². The summed E-state index contributed by atoms with van der Waals surface area (Å²) in [5.41, 5.74) is 10.6. The smallest absolute Gasteiger partial charge is 0.327 e. The van der Waals surface area contributed by atoms with Crippen LogP contribution in [0.3, 0.4) is 0 Å². The first-order valence-electron chi connectivity index (χ1n) is 8.44. The van der Waals surface area contributed by atoms with Crippen molar-refractivity contribution in [1.29, 1.82) is 0 Å². The fourth-order valence-electron chi connectivity index (χ4n) is 1.97. The van der Waals surface area contributed by atoms with E-state index in [1.54, 1.807) is 0 Å². The number of carboxylic acid groups (broad SMARTS) is 2. The number of carbonyl (C=O) groups is 6. The molecule has 0 rings (SSSR count). The highest BCUT2D eigenvalue weighted by Crippen LogP contribution is 2.01. The van der Waals surface area contributed by atoms with Crippen molar-refractivity contribution < 1.29 is 39.0 Å². The molecule has 0 saturated carbocycles. The predicted octanol–water partition coefficient (Wildman–Crippen LogP) is -3.46. The zero-order chi connectivity index (χ0) is 22.6. The Morgan fingerprint density at radius 2 is 1.52 bits per heavy atom. The van der Waals surface area contributed by atoms with Crippen LogP contribution >= 0.6 is 12.6 Å². The standard InChI is InChI=1S/C15H25N5O8S/c16-7(1-3-10(17)21)13(25)20-8(2-4-12(23)24)14(26)18-5-11(22)19-9(6-29)15(27)28/h7-9,29H,1-6,16H2,(H2,17,21)(H,18,26)(H,19,22)(H,20,25)(H,23,24)(H,27,28). The molecule has 164 valence electrons. The van der Waals surface area contributed by atoms with Gasteiger partial charge in [-0.1, -0.05) is 0 Å². The second kappa shape index (κ2) is 13.3. The second-order valence-corrected chi connectivity index (χ2v) is 6.33. The number of amides is 4. The number of primary amides is 1. The molecule has 14 heteroatoms. The fraction of sp³-hybridized carbons (Fsp3) is 0.600. The van der Waals surface area contributed by atoms with Gasteiger partial charge in [0.25, 0.3) is 0 Å². The molecule has 9 N–H and O–H groups in total. The molecule has 13 nitrogen and oxygen atoms in total. The molecule has 0 aromatic carbocycles. The molecular weight excluding hydrogens is 410 g/mol. The maximum Gasteiger partial charge on any atom is 0.327 e. The normalized spacial score (nSPS) is 13.4. The largest absolute Gasteiger partial charge is 0.481 e. The Hall–Kier alpha value is -2.87. The lowest BCUT2D eigenvalue weighted by atomic mass is 10.1. The summed E-state index contributed by atoms with van der Waals surface area (Å²) in [5.74, 6) is -5.85. The van der Waals surface area contributed by atoms with Crippen molar-refractivity contribution in [2.45, 2.75) is 43.8 Å². The van der Waals surface area contributed by atoms with E-state index in [0.717, 1.165) is 0 Å². The lowest BCUT2D eigenvalue weighted by Gasteiger charge is -2.20. The van der Waals surface area contributed by atoms with E-state index < -0.39 is 66.7 Å². The Morgan fingerprint density at radius 1 is 0.897 bits per heavy atom. The molecule has 4 amide bonds. The molecule has 0 spiro atoms. The summed E-state index contributed by atoms with van der Waals surface area (Å²) in [6.07, 6.45) is -0.971. The number of nitrogens with one attached hydrogen (secondary N) is 3. The number of hydrogen-bond donors (Lipinski definition) is 8. The van der Waals surface area contributed by atoms with Crippen molar-refractivity contribution in [1.82, 2.24) is 16.0 Å². The van der Waals surface area contributed by atoms with E-state index in [0.29, 0.717) is 0 Å². The van der Waals surface area contributed by atoms with Crippen LogP contribution < -0.4 is 27.4 Å². The van der Waals surface area contributed by atoms with Crippen LogP contribution in [-0.2, 0) is 28.8 Å². The van der Waals surface area contributed by atoms with Gasteiger partial charge in [-0.05, 0) is 12.8 Å². The number of nitrogens with two attached hydrogens (primary N) is 2. The topological polar surface area (TPSA) is 231 Å². The van der Waals surface area contributed by atoms with Crippen molar-refractivity contribution in [3.63, 3.8) is 0 Å². The third-order valence-corrected chi connectivity index (χ3v) is 3.92. The molecule has 0 saturated heterocycles. The summed E-state index contributed by atoms with van der Waals surface area (Å²) >= 11 is 3.78. The van der Waals surface area contributed by atoms with E-state index in [1.807, 2.05) is 0 Å². The maximum atomic E-state index is 12.2. The molecule has 29 heavy (non-hydrogen) atoms. The van der Waals surface area contributed by atoms with Crippen LogP contribution in [0.1, 0.15) is 25.7 Å². The third-order valence-electron chi connectivity index (χ3n) is 3.56. The van der Waals surface area contributed by atoms with Gasteiger partial charge < -0.3 is 37.6 Å². The molecule has 3 atom stereocenters. The molecule has 0 aromatic rings. The average Bonchev–Trinajstić information content (AvgIpc) is 2.64.